The van der Waals surface area contributed by atoms with E-state index in [1.807, 2.05) is 0 Å². The molecule has 0 radical (unpaired) electrons. The molecule has 0 saturated heterocycles. The van der Waals surface area contributed by atoms with Gasteiger partial charge < -0.3 is 10.1 Å². The number of hydrogen-bond donors (Lipinski definition) is 1. The highest BCUT2D eigenvalue weighted by atomic mass is 16.5. The zero-order valence-corrected chi connectivity index (χ0v) is 10.5. The Hall–Kier alpha value is -2.70. The summed E-state index contributed by atoms with van der Waals surface area (Å²) in [4.78, 5) is 23.0. The van der Waals surface area contributed by atoms with Gasteiger partial charge in [0.1, 0.15) is 0 Å². The van der Waals surface area contributed by atoms with Gasteiger partial charge in [0.2, 0.25) is 0 Å². The number of carbonyl (C=O) groups is 2. The summed E-state index contributed by atoms with van der Waals surface area (Å²) in [5, 5.41) is 10.0. The number of methoxy groups -OCH3 is 1. The lowest BCUT2D eigenvalue weighted by Gasteiger charge is -2.04. The third kappa shape index (κ3) is 2.95. The highest BCUT2D eigenvalue weighted by Gasteiger charge is 2.10. The molecule has 0 aliphatic carbocycles. The van der Waals surface area contributed by atoms with Gasteiger partial charge in [0.05, 0.1) is 18.9 Å². The Bertz CT molecular complexity index is 604. The van der Waals surface area contributed by atoms with Gasteiger partial charge in [-0.3, -0.25) is 9.48 Å². The van der Waals surface area contributed by atoms with Gasteiger partial charge in [-0.1, -0.05) is 5.21 Å². The molecule has 98 valence electrons. The molecule has 0 bridgehead atoms. The number of nitrogens with one attached hydrogen (secondary N) is 1. The zero-order chi connectivity index (χ0) is 13.8. The number of aryl methyl sites for hydroxylation is 1. The van der Waals surface area contributed by atoms with Gasteiger partial charge >= 0.3 is 5.97 Å². The van der Waals surface area contributed by atoms with Crippen LogP contribution in [0.4, 0.5) is 5.69 Å². The molecule has 7 heteroatoms. The summed E-state index contributed by atoms with van der Waals surface area (Å²) >= 11 is 0. The second-order valence-corrected chi connectivity index (χ2v) is 3.80. The van der Waals surface area contributed by atoms with Crippen LogP contribution in [0.2, 0.25) is 0 Å². The van der Waals surface area contributed by atoms with E-state index in [4.69, 9.17) is 0 Å². The van der Waals surface area contributed by atoms with Crippen LogP contribution < -0.4 is 5.32 Å². The third-order valence-corrected chi connectivity index (χ3v) is 2.40. The van der Waals surface area contributed by atoms with Crippen molar-refractivity contribution in [3.05, 3.63) is 41.7 Å². The third-order valence-electron chi connectivity index (χ3n) is 2.40. The minimum absolute atomic E-state index is 0.222. The van der Waals surface area contributed by atoms with Crippen LogP contribution >= 0.6 is 0 Å². The first kappa shape index (κ1) is 12.7. The largest absolute Gasteiger partial charge is 0.465 e. The normalized spacial score (nSPS) is 10.0. The maximum absolute atomic E-state index is 11.8. The average molecular weight is 260 g/mol. The summed E-state index contributed by atoms with van der Waals surface area (Å²) in [5.41, 5.74) is 1.20. The minimum atomic E-state index is -0.424. The van der Waals surface area contributed by atoms with Gasteiger partial charge in [0, 0.05) is 12.7 Å². The summed E-state index contributed by atoms with van der Waals surface area (Å²) in [6, 6.07) is 6.36. The molecule has 0 spiro atoms. The fourth-order valence-electron chi connectivity index (χ4n) is 1.45. The molecule has 0 aliphatic heterocycles. The van der Waals surface area contributed by atoms with E-state index in [1.165, 1.54) is 18.0 Å². The number of aromatic nitrogens is 3. The van der Waals surface area contributed by atoms with E-state index >= 15 is 0 Å². The van der Waals surface area contributed by atoms with Crippen molar-refractivity contribution in [3.63, 3.8) is 0 Å². The molecule has 7 nitrogen and oxygen atoms in total. The highest BCUT2D eigenvalue weighted by molar-refractivity contribution is 6.02. The molecule has 1 aromatic carbocycles. The second-order valence-electron chi connectivity index (χ2n) is 3.80. The fraction of sp³-hybridized carbons (Fsp3) is 0.167. The molecule has 2 rings (SSSR count). The van der Waals surface area contributed by atoms with Crippen LogP contribution in [0.25, 0.3) is 0 Å². The summed E-state index contributed by atoms with van der Waals surface area (Å²) in [5.74, 6) is -0.786. The molecule has 19 heavy (non-hydrogen) atoms. The molecular weight excluding hydrogens is 248 g/mol. The van der Waals surface area contributed by atoms with Crippen LogP contribution in [0.15, 0.2) is 30.5 Å². The van der Waals surface area contributed by atoms with Crippen molar-refractivity contribution in [1.82, 2.24) is 15.0 Å². The van der Waals surface area contributed by atoms with Crippen molar-refractivity contribution in [2.24, 2.45) is 7.05 Å². The monoisotopic (exact) mass is 260 g/mol. The molecule has 0 aliphatic rings. The van der Waals surface area contributed by atoms with Crippen LogP contribution in [-0.2, 0) is 11.8 Å². The Kier molecular flexibility index (Phi) is 3.56. The van der Waals surface area contributed by atoms with E-state index in [0.717, 1.165) is 0 Å². The first-order valence-corrected chi connectivity index (χ1v) is 5.46. The number of amides is 1. The number of ether oxygens (including phenoxy) is 1. The molecule has 1 amide bonds. The Labute approximate surface area is 109 Å². The number of nitrogens with zero attached hydrogens (tertiary/aromatic N) is 3. The first-order valence-electron chi connectivity index (χ1n) is 5.46. The molecule has 1 heterocycles. The van der Waals surface area contributed by atoms with E-state index in [9.17, 15) is 9.59 Å². The van der Waals surface area contributed by atoms with Crippen molar-refractivity contribution in [1.29, 1.82) is 0 Å². The van der Waals surface area contributed by atoms with E-state index < -0.39 is 5.97 Å². The molecule has 2 aromatic rings. The van der Waals surface area contributed by atoms with Crippen LogP contribution in [0.1, 0.15) is 20.8 Å². The maximum atomic E-state index is 11.8. The van der Waals surface area contributed by atoms with Gasteiger partial charge in [-0.15, -0.1) is 5.10 Å². The van der Waals surface area contributed by atoms with Crippen LogP contribution in [0.5, 0.6) is 0 Å². The highest BCUT2D eigenvalue weighted by Crippen LogP contribution is 2.11. The molecule has 0 fully saturated rings. The van der Waals surface area contributed by atoms with Gasteiger partial charge in [-0.2, -0.15) is 0 Å². The Balaban J connectivity index is 2.07. The van der Waals surface area contributed by atoms with Crippen molar-refractivity contribution in [2.75, 3.05) is 12.4 Å². The molecule has 1 aromatic heterocycles. The lowest BCUT2D eigenvalue weighted by atomic mass is 10.2. The predicted molar refractivity (Wildman–Crippen MR) is 66.7 cm³/mol. The Morgan fingerprint density at radius 3 is 2.47 bits per heavy atom. The molecular formula is C12H12N4O3. The van der Waals surface area contributed by atoms with Crippen LogP contribution in [0, 0.1) is 0 Å². The fourth-order valence-corrected chi connectivity index (χ4v) is 1.45. The Morgan fingerprint density at radius 1 is 1.26 bits per heavy atom. The predicted octanol–water partition coefficient (Wildman–Crippen LogP) is 0.854. The SMILES string of the molecule is COC(=O)c1ccc(NC(=O)c2cn(C)nn2)cc1. The van der Waals surface area contributed by atoms with Crippen LogP contribution in [0.3, 0.4) is 0 Å². The summed E-state index contributed by atoms with van der Waals surface area (Å²) in [6.07, 6.45) is 1.51. The topological polar surface area (TPSA) is 86.1 Å². The second kappa shape index (κ2) is 5.30. The number of benzene rings is 1. The molecule has 0 unspecified atom stereocenters. The lowest BCUT2D eigenvalue weighted by Crippen LogP contribution is -2.12. The standard InChI is InChI=1S/C12H12N4O3/c1-16-7-10(14-15-16)11(17)13-9-5-3-8(4-6-9)12(18)19-2/h3-7H,1-2H3,(H,13,17). The van der Waals surface area contributed by atoms with E-state index in [1.54, 1.807) is 31.3 Å². The molecule has 0 saturated carbocycles. The number of esters is 1. The van der Waals surface area contributed by atoms with Gasteiger partial charge in [0.15, 0.2) is 5.69 Å². The van der Waals surface area contributed by atoms with Gasteiger partial charge in [0.25, 0.3) is 5.91 Å². The summed E-state index contributed by atoms with van der Waals surface area (Å²) < 4.78 is 6.02. The average Bonchev–Trinajstić information content (AvgIpc) is 2.85. The number of rotatable bonds is 3. The zero-order valence-electron chi connectivity index (χ0n) is 10.5. The van der Waals surface area contributed by atoms with Gasteiger partial charge in [-0.05, 0) is 24.3 Å². The van der Waals surface area contributed by atoms with E-state index in [0.29, 0.717) is 11.3 Å². The Morgan fingerprint density at radius 2 is 1.95 bits per heavy atom. The number of anilines is 1. The summed E-state index contributed by atoms with van der Waals surface area (Å²) in [6.45, 7) is 0. The molecule has 0 atom stereocenters. The van der Waals surface area contributed by atoms with Gasteiger partial charge in [-0.25, -0.2) is 4.79 Å². The lowest BCUT2D eigenvalue weighted by molar-refractivity contribution is 0.0600. The van der Waals surface area contributed by atoms with Crippen molar-refractivity contribution in [3.8, 4) is 0 Å². The van der Waals surface area contributed by atoms with Crippen molar-refractivity contribution >= 4 is 17.6 Å². The van der Waals surface area contributed by atoms with E-state index in [-0.39, 0.29) is 11.6 Å². The quantitative estimate of drug-likeness (QED) is 0.827. The minimum Gasteiger partial charge on any atom is -0.465 e. The maximum Gasteiger partial charge on any atom is 0.337 e. The molecule has 1 N–H and O–H groups in total. The number of hydrogen-bond acceptors (Lipinski definition) is 5. The number of carbonyl (C=O) groups excluding carboxylic acids is 2. The van der Waals surface area contributed by atoms with E-state index in [2.05, 4.69) is 20.4 Å². The van der Waals surface area contributed by atoms with Crippen LogP contribution in [-0.4, -0.2) is 34.0 Å². The first-order chi connectivity index (χ1) is 9.10. The summed E-state index contributed by atoms with van der Waals surface area (Å²) in [7, 11) is 2.99. The van der Waals surface area contributed by atoms with Crippen molar-refractivity contribution in [2.45, 2.75) is 0 Å². The van der Waals surface area contributed by atoms with Crippen molar-refractivity contribution < 1.29 is 14.3 Å². The smallest absolute Gasteiger partial charge is 0.337 e.